The zero-order chi connectivity index (χ0) is 10.2. The van der Waals surface area contributed by atoms with Crippen LogP contribution >= 0.6 is 11.8 Å². The average Bonchev–Trinajstić information content (AvgIpc) is 2.63. The van der Waals surface area contributed by atoms with Gasteiger partial charge in [-0.05, 0) is 19.2 Å². The summed E-state index contributed by atoms with van der Waals surface area (Å²) in [6.45, 7) is 3.80. The maximum absolute atomic E-state index is 5.43. The molecule has 4 nitrogen and oxygen atoms in total. The Kier molecular flexibility index (Phi) is 5.63. The normalized spacial score (nSPS) is 10.7. The highest BCUT2D eigenvalue weighted by atomic mass is 32.2. The van der Waals surface area contributed by atoms with Crippen molar-refractivity contribution in [3.05, 3.63) is 11.8 Å². The fraction of sp³-hybridized carbons (Fsp3) is 0.778. The largest absolute Gasteiger partial charge is 0.424 e. The van der Waals surface area contributed by atoms with Gasteiger partial charge in [-0.3, -0.25) is 0 Å². The highest BCUT2D eigenvalue weighted by molar-refractivity contribution is 7.98. The van der Waals surface area contributed by atoms with Crippen molar-refractivity contribution in [3.8, 4) is 0 Å². The standard InChI is InChI=1S/C9H17N3OS/c1-3-5-10-7-9-12-11-8(13-9)4-6-14-2/h10H,3-7H2,1-2H3. The van der Waals surface area contributed by atoms with Gasteiger partial charge in [0, 0.05) is 12.2 Å². The molecular weight excluding hydrogens is 198 g/mol. The summed E-state index contributed by atoms with van der Waals surface area (Å²) in [6, 6.07) is 0. The molecule has 0 saturated carbocycles. The first-order valence-electron chi connectivity index (χ1n) is 4.87. The van der Waals surface area contributed by atoms with Gasteiger partial charge in [0.2, 0.25) is 11.8 Å². The molecule has 0 atom stereocenters. The molecule has 5 heteroatoms. The third-order valence-electron chi connectivity index (χ3n) is 1.73. The maximum Gasteiger partial charge on any atom is 0.230 e. The molecule has 80 valence electrons. The molecule has 0 amide bonds. The van der Waals surface area contributed by atoms with Crippen LogP contribution in [0.1, 0.15) is 25.1 Å². The zero-order valence-corrected chi connectivity index (χ0v) is 9.56. The summed E-state index contributed by atoms with van der Waals surface area (Å²) >= 11 is 1.78. The van der Waals surface area contributed by atoms with E-state index in [0.29, 0.717) is 12.4 Å². The maximum atomic E-state index is 5.43. The summed E-state index contributed by atoms with van der Waals surface area (Å²) in [4.78, 5) is 0. The van der Waals surface area contributed by atoms with E-state index >= 15 is 0 Å². The Balaban J connectivity index is 2.27. The topological polar surface area (TPSA) is 51.0 Å². The van der Waals surface area contributed by atoms with Crippen molar-refractivity contribution >= 4 is 11.8 Å². The summed E-state index contributed by atoms with van der Waals surface area (Å²) in [6.07, 6.45) is 4.05. The van der Waals surface area contributed by atoms with Crippen molar-refractivity contribution < 1.29 is 4.42 Å². The lowest BCUT2D eigenvalue weighted by Gasteiger charge is -1.96. The predicted octanol–water partition coefficient (Wildman–Crippen LogP) is 1.47. The van der Waals surface area contributed by atoms with E-state index in [2.05, 4.69) is 28.7 Å². The van der Waals surface area contributed by atoms with E-state index < -0.39 is 0 Å². The smallest absolute Gasteiger partial charge is 0.230 e. The number of thioether (sulfide) groups is 1. The SMILES string of the molecule is CCCNCc1nnc(CCSC)o1. The van der Waals surface area contributed by atoms with E-state index in [4.69, 9.17) is 4.42 Å². The van der Waals surface area contributed by atoms with Crippen LogP contribution in [0.3, 0.4) is 0 Å². The van der Waals surface area contributed by atoms with Gasteiger partial charge in [-0.2, -0.15) is 11.8 Å². The van der Waals surface area contributed by atoms with Gasteiger partial charge >= 0.3 is 0 Å². The lowest BCUT2D eigenvalue weighted by Crippen LogP contribution is -2.13. The van der Waals surface area contributed by atoms with Gasteiger partial charge < -0.3 is 9.73 Å². The number of aryl methyl sites for hydroxylation is 1. The number of nitrogens with zero attached hydrogens (tertiary/aromatic N) is 2. The van der Waals surface area contributed by atoms with Gasteiger partial charge in [0.05, 0.1) is 6.54 Å². The predicted molar refractivity (Wildman–Crippen MR) is 58.4 cm³/mol. The summed E-state index contributed by atoms with van der Waals surface area (Å²) in [5, 5.41) is 11.1. The van der Waals surface area contributed by atoms with Gasteiger partial charge in [0.15, 0.2) is 0 Å². The molecule has 1 heterocycles. The molecule has 0 radical (unpaired) electrons. The third-order valence-corrected chi connectivity index (χ3v) is 2.34. The van der Waals surface area contributed by atoms with Gasteiger partial charge in [-0.25, -0.2) is 0 Å². The summed E-state index contributed by atoms with van der Waals surface area (Å²) in [5.41, 5.74) is 0. The van der Waals surface area contributed by atoms with E-state index in [-0.39, 0.29) is 0 Å². The van der Waals surface area contributed by atoms with E-state index in [0.717, 1.165) is 31.0 Å². The molecule has 1 N–H and O–H groups in total. The first kappa shape index (κ1) is 11.5. The molecule has 0 fully saturated rings. The second-order valence-corrected chi connectivity index (χ2v) is 3.99. The van der Waals surface area contributed by atoms with Crippen LogP contribution in [0.25, 0.3) is 0 Å². The Morgan fingerprint density at radius 2 is 2.14 bits per heavy atom. The third kappa shape index (κ3) is 4.11. The van der Waals surface area contributed by atoms with Crippen molar-refractivity contribution in [2.75, 3.05) is 18.6 Å². The van der Waals surface area contributed by atoms with Crippen molar-refractivity contribution in [1.82, 2.24) is 15.5 Å². The number of hydrogen-bond donors (Lipinski definition) is 1. The van der Waals surface area contributed by atoms with Gasteiger partial charge in [0.1, 0.15) is 0 Å². The van der Waals surface area contributed by atoms with Crippen LogP contribution in [0.15, 0.2) is 4.42 Å². The average molecular weight is 215 g/mol. The molecule has 0 saturated heterocycles. The second-order valence-electron chi connectivity index (χ2n) is 3.01. The van der Waals surface area contributed by atoms with Crippen LogP contribution in [0.5, 0.6) is 0 Å². The lowest BCUT2D eigenvalue weighted by molar-refractivity contribution is 0.437. The molecule has 14 heavy (non-hydrogen) atoms. The molecule has 0 aliphatic carbocycles. The van der Waals surface area contributed by atoms with E-state index in [1.807, 2.05) is 0 Å². The molecule has 0 bridgehead atoms. The van der Waals surface area contributed by atoms with E-state index in [1.165, 1.54) is 0 Å². The van der Waals surface area contributed by atoms with Gasteiger partial charge in [0.25, 0.3) is 0 Å². The minimum atomic E-state index is 0.681. The van der Waals surface area contributed by atoms with Crippen LogP contribution < -0.4 is 5.32 Å². The quantitative estimate of drug-likeness (QED) is 0.698. The van der Waals surface area contributed by atoms with Crippen molar-refractivity contribution in [2.45, 2.75) is 26.3 Å². The highest BCUT2D eigenvalue weighted by Gasteiger charge is 2.04. The van der Waals surface area contributed by atoms with Crippen molar-refractivity contribution in [1.29, 1.82) is 0 Å². The van der Waals surface area contributed by atoms with Crippen molar-refractivity contribution in [2.24, 2.45) is 0 Å². The van der Waals surface area contributed by atoms with Gasteiger partial charge in [-0.15, -0.1) is 10.2 Å². The van der Waals surface area contributed by atoms with E-state index in [9.17, 15) is 0 Å². The first-order chi connectivity index (χ1) is 6.86. The number of hydrogen-bond acceptors (Lipinski definition) is 5. The monoisotopic (exact) mass is 215 g/mol. The summed E-state index contributed by atoms with van der Waals surface area (Å²) in [7, 11) is 0. The molecule has 0 aliphatic heterocycles. The lowest BCUT2D eigenvalue weighted by atomic mass is 10.5. The van der Waals surface area contributed by atoms with Crippen LogP contribution in [0.4, 0.5) is 0 Å². The Morgan fingerprint density at radius 1 is 1.36 bits per heavy atom. The van der Waals surface area contributed by atoms with Crippen LogP contribution in [0, 0.1) is 0 Å². The van der Waals surface area contributed by atoms with Crippen LogP contribution in [0.2, 0.25) is 0 Å². The molecule has 1 aromatic rings. The second kappa shape index (κ2) is 6.84. The Bertz CT molecular complexity index is 252. The Labute approximate surface area is 88.9 Å². The highest BCUT2D eigenvalue weighted by Crippen LogP contribution is 2.03. The molecule has 0 aromatic carbocycles. The van der Waals surface area contributed by atoms with E-state index in [1.54, 1.807) is 11.8 Å². The number of rotatable bonds is 7. The molecule has 0 unspecified atom stereocenters. The Hall–Kier alpha value is -0.550. The Morgan fingerprint density at radius 3 is 2.86 bits per heavy atom. The molecule has 1 rings (SSSR count). The van der Waals surface area contributed by atoms with Crippen molar-refractivity contribution in [3.63, 3.8) is 0 Å². The van der Waals surface area contributed by atoms with Crippen LogP contribution in [-0.2, 0) is 13.0 Å². The molecule has 0 spiro atoms. The van der Waals surface area contributed by atoms with Gasteiger partial charge in [-0.1, -0.05) is 6.92 Å². The minimum Gasteiger partial charge on any atom is -0.424 e. The first-order valence-corrected chi connectivity index (χ1v) is 6.27. The number of aromatic nitrogens is 2. The summed E-state index contributed by atoms with van der Waals surface area (Å²) < 4.78 is 5.43. The minimum absolute atomic E-state index is 0.681. The summed E-state index contributed by atoms with van der Waals surface area (Å²) in [5.74, 6) is 2.46. The fourth-order valence-corrected chi connectivity index (χ4v) is 1.40. The molecular formula is C9H17N3OS. The number of nitrogens with one attached hydrogen (secondary N) is 1. The molecule has 1 aromatic heterocycles. The zero-order valence-electron chi connectivity index (χ0n) is 8.75. The van der Waals surface area contributed by atoms with Crippen LogP contribution in [-0.4, -0.2) is 28.8 Å². The fourth-order valence-electron chi connectivity index (χ4n) is 1.02. The molecule has 0 aliphatic rings.